The van der Waals surface area contributed by atoms with Crippen molar-refractivity contribution in [3.05, 3.63) is 64.4 Å². The first-order valence-electron chi connectivity index (χ1n) is 16.2. The molecule has 248 valence electrons. The van der Waals surface area contributed by atoms with Gasteiger partial charge in [0, 0.05) is 69.6 Å². The zero-order valence-electron chi connectivity index (χ0n) is 27.4. The van der Waals surface area contributed by atoms with Crippen LogP contribution in [0.3, 0.4) is 0 Å². The van der Waals surface area contributed by atoms with E-state index in [2.05, 4.69) is 26.6 Å². The van der Waals surface area contributed by atoms with Crippen LogP contribution in [0.4, 0.5) is 23.0 Å². The Morgan fingerprint density at radius 3 is 2.49 bits per heavy atom. The van der Waals surface area contributed by atoms with Gasteiger partial charge < -0.3 is 30.1 Å². The molecule has 0 spiro atoms. The van der Waals surface area contributed by atoms with Crippen molar-refractivity contribution >= 4 is 52.3 Å². The topological polar surface area (TPSA) is 120 Å². The van der Waals surface area contributed by atoms with Gasteiger partial charge in [-0.2, -0.15) is 0 Å². The van der Waals surface area contributed by atoms with E-state index >= 15 is 0 Å². The summed E-state index contributed by atoms with van der Waals surface area (Å²) in [6.07, 6.45) is 4.32. The number of carbonyl (C=O) groups excluding carboxylic acids is 3. The maximum Gasteiger partial charge on any atom is 0.234 e. The zero-order chi connectivity index (χ0) is 33.3. The molecule has 2 aromatic carbocycles. The van der Waals surface area contributed by atoms with Gasteiger partial charge in [0.25, 0.3) is 0 Å². The number of amides is 3. The predicted octanol–water partition coefficient (Wildman–Crippen LogP) is 4.80. The Balaban J connectivity index is 1.08. The smallest absolute Gasteiger partial charge is 0.234 e. The largest absolute Gasteiger partial charge is 0.494 e. The third kappa shape index (κ3) is 6.72. The number of nitrogens with one attached hydrogen (secondary N) is 2. The SMILES string of the molecule is COc1cc(N2CCN(C(=O)C3CCN(C(C)=O)CC3)CC2)ccc1Nc1ncc(Cl)c(CCc2cccc3c2C(C)(C)C(=O)N3)n1. The molecule has 3 aliphatic heterocycles. The second kappa shape index (κ2) is 13.4. The number of carbonyl (C=O) groups is 3. The van der Waals surface area contributed by atoms with Crippen molar-refractivity contribution < 1.29 is 19.1 Å². The molecule has 0 unspecified atom stereocenters. The first kappa shape index (κ1) is 32.6. The van der Waals surface area contributed by atoms with Crippen molar-refractivity contribution in [1.82, 2.24) is 19.8 Å². The number of nitrogens with zero attached hydrogens (tertiary/aromatic N) is 5. The number of likely N-dealkylation sites (tertiary alicyclic amines) is 1. The minimum atomic E-state index is -0.600. The van der Waals surface area contributed by atoms with E-state index in [9.17, 15) is 14.4 Å². The van der Waals surface area contributed by atoms with Crippen molar-refractivity contribution in [2.75, 3.05) is 61.9 Å². The molecule has 3 aliphatic rings. The van der Waals surface area contributed by atoms with Crippen LogP contribution in [0.5, 0.6) is 5.75 Å². The van der Waals surface area contributed by atoms with E-state index in [1.165, 1.54) is 0 Å². The lowest BCUT2D eigenvalue weighted by molar-refractivity contribution is -0.140. The fourth-order valence-electron chi connectivity index (χ4n) is 6.92. The van der Waals surface area contributed by atoms with Gasteiger partial charge in [-0.1, -0.05) is 23.7 Å². The second-order valence-corrected chi connectivity index (χ2v) is 13.4. The van der Waals surface area contributed by atoms with E-state index in [-0.39, 0.29) is 23.6 Å². The van der Waals surface area contributed by atoms with Gasteiger partial charge in [-0.05, 0) is 68.9 Å². The zero-order valence-corrected chi connectivity index (χ0v) is 28.2. The third-order valence-electron chi connectivity index (χ3n) is 9.72. The summed E-state index contributed by atoms with van der Waals surface area (Å²) in [6.45, 7) is 9.56. The average Bonchev–Trinajstić information content (AvgIpc) is 3.32. The van der Waals surface area contributed by atoms with Crippen molar-refractivity contribution in [1.29, 1.82) is 0 Å². The standard InChI is InChI=1S/C35H42ClN7O4/c1-22(44)41-14-12-24(13-15-41)32(45)43-18-16-42(17-19-43)25-9-11-28(30(20-25)47-4)40-34-37-21-26(36)27(39-34)10-8-23-6-5-7-29-31(23)35(2,3)33(46)38-29/h5-7,9,11,20-21,24H,8,10,12-19H2,1-4H3,(H,38,46)(H,37,39,40). The molecule has 4 heterocycles. The van der Waals surface area contributed by atoms with Gasteiger partial charge in [-0.3, -0.25) is 14.4 Å². The summed E-state index contributed by atoms with van der Waals surface area (Å²) in [5.74, 6) is 1.34. The van der Waals surface area contributed by atoms with E-state index < -0.39 is 5.41 Å². The maximum absolute atomic E-state index is 13.2. The lowest BCUT2D eigenvalue weighted by Gasteiger charge is -2.39. The molecule has 2 N–H and O–H groups in total. The highest BCUT2D eigenvalue weighted by molar-refractivity contribution is 6.31. The second-order valence-electron chi connectivity index (χ2n) is 13.0. The molecule has 0 saturated carbocycles. The first-order chi connectivity index (χ1) is 22.5. The molecule has 2 saturated heterocycles. The van der Waals surface area contributed by atoms with E-state index in [0.29, 0.717) is 61.4 Å². The van der Waals surface area contributed by atoms with Crippen LogP contribution in [-0.2, 0) is 32.6 Å². The van der Waals surface area contributed by atoms with Crippen LogP contribution in [0, 0.1) is 5.92 Å². The fraction of sp³-hybridized carbons (Fsp3) is 0.457. The monoisotopic (exact) mass is 659 g/mol. The third-order valence-corrected chi connectivity index (χ3v) is 10.0. The number of hydrogen-bond donors (Lipinski definition) is 2. The number of ether oxygens (including phenoxy) is 1. The molecule has 3 amide bonds. The number of hydrogen-bond acceptors (Lipinski definition) is 8. The lowest BCUT2D eigenvalue weighted by atomic mass is 9.82. The molecular weight excluding hydrogens is 618 g/mol. The highest BCUT2D eigenvalue weighted by Crippen LogP contribution is 2.40. The first-order valence-corrected chi connectivity index (χ1v) is 16.6. The number of anilines is 4. The molecule has 47 heavy (non-hydrogen) atoms. The quantitative estimate of drug-likeness (QED) is 0.354. The van der Waals surface area contributed by atoms with Crippen LogP contribution >= 0.6 is 11.6 Å². The molecule has 1 aromatic heterocycles. The normalized spacial score (nSPS) is 17.7. The Morgan fingerprint density at radius 2 is 1.79 bits per heavy atom. The van der Waals surface area contributed by atoms with Gasteiger partial charge in [-0.25, -0.2) is 9.97 Å². The predicted molar refractivity (Wildman–Crippen MR) is 183 cm³/mol. The van der Waals surface area contributed by atoms with Gasteiger partial charge in [0.15, 0.2) is 0 Å². The summed E-state index contributed by atoms with van der Waals surface area (Å²) in [4.78, 5) is 52.5. The molecule has 3 aromatic rings. The summed E-state index contributed by atoms with van der Waals surface area (Å²) >= 11 is 6.53. The minimum absolute atomic E-state index is 0.00248. The summed E-state index contributed by atoms with van der Waals surface area (Å²) in [5, 5.41) is 6.77. The molecule has 11 nitrogen and oxygen atoms in total. The molecule has 0 radical (unpaired) electrons. The van der Waals surface area contributed by atoms with E-state index in [0.717, 1.165) is 54.1 Å². The Labute approximate surface area is 280 Å². The molecule has 12 heteroatoms. The fourth-order valence-corrected chi connectivity index (χ4v) is 7.10. The van der Waals surface area contributed by atoms with Gasteiger partial charge in [0.05, 0.1) is 35.1 Å². The molecular formula is C35H42ClN7O4. The minimum Gasteiger partial charge on any atom is -0.494 e. The van der Waals surface area contributed by atoms with Crippen LogP contribution < -0.4 is 20.3 Å². The highest BCUT2D eigenvalue weighted by Gasteiger charge is 2.40. The Kier molecular flexibility index (Phi) is 9.27. The summed E-state index contributed by atoms with van der Waals surface area (Å²) in [7, 11) is 1.63. The van der Waals surface area contributed by atoms with Gasteiger partial charge in [0.1, 0.15) is 5.75 Å². The Bertz CT molecular complexity index is 1680. The Morgan fingerprint density at radius 1 is 1.04 bits per heavy atom. The van der Waals surface area contributed by atoms with Crippen LogP contribution in [0.25, 0.3) is 0 Å². The van der Waals surface area contributed by atoms with Crippen LogP contribution in [0.1, 0.15) is 50.4 Å². The summed E-state index contributed by atoms with van der Waals surface area (Å²) in [5.41, 5.74) is 4.83. The number of halogens is 1. The Hall–Kier alpha value is -4.38. The van der Waals surface area contributed by atoms with E-state index in [1.54, 1.807) is 20.2 Å². The van der Waals surface area contributed by atoms with Crippen LogP contribution in [-0.4, -0.2) is 83.9 Å². The number of fused-ring (bicyclic) bond motifs is 1. The van der Waals surface area contributed by atoms with E-state index in [4.69, 9.17) is 21.3 Å². The van der Waals surface area contributed by atoms with Gasteiger partial charge >= 0.3 is 0 Å². The molecule has 0 bridgehead atoms. The lowest BCUT2D eigenvalue weighted by Crippen LogP contribution is -2.52. The van der Waals surface area contributed by atoms with Gasteiger partial charge in [0.2, 0.25) is 23.7 Å². The van der Waals surface area contributed by atoms with Crippen LogP contribution in [0.2, 0.25) is 5.02 Å². The van der Waals surface area contributed by atoms with Crippen molar-refractivity contribution in [2.24, 2.45) is 5.92 Å². The number of piperazine rings is 1. The molecule has 2 fully saturated rings. The number of aryl methyl sites for hydroxylation is 2. The molecule has 0 aliphatic carbocycles. The number of benzene rings is 2. The van der Waals surface area contributed by atoms with Crippen molar-refractivity contribution in [3.63, 3.8) is 0 Å². The molecule has 0 atom stereocenters. The highest BCUT2D eigenvalue weighted by atomic mass is 35.5. The van der Waals surface area contributed by atoms with Crippen LogP contribution in [0.15, 0.2) is 42.6 Å². The number of methoxy groups -OCH3 is 1. The number of rotatable bonds is 8. The number of aromatic nitrogens is 2. The summed E-state index contributed by atoms with van der Waals surface area (Å²) < 4.78 is 5.75. The summed E-state index contributed by atoms with van der Waals surface area (Å²) in [6, 6.07) is 11.9. The maximum atomic E-state index is 13.2. The molecule has 6 rings (SSSR count). The van der Waals surface area contributed by atoms with Gasteiger partial charge in [-0.15, -0.1) is 0 Å². The van der Waals surface area contributed by atoms with Crippen molar-refractivity contribution in [2.45, 2.75) is 51.9 Å². The number of piperidine rings is 1. The van der Waals surface area contributed by atoms with E-state index in [1.807, 2.05) is 54.0 Å². The van der Waals surface area contributed by atoms with Crippen molar-refractivity contribution in [3.8, 4) is 5.75 Å². The average molecular weight is 660 g/mol.